The van der Waals surface area contributed by atoms with Crippen molar-refractivity contribution >= 4 is 17.2 Å². The molecule has 5 aromatic rings. The highest BCUT2D eigenvalue weighted by molar-refractivity contribution is 7.09. The third-order valence-corrected chi connectivity index (χ3v) is 8.61. The molecule has 2 aromatic heterocycles. The van der Waals surface area contributed by atoms with Crippen LogP contribution in [0.15, 0.2) is 82.6 Å². The Labute approximate surface area is 248 Å². The van der Waals surface area contributed by atoms with Gasteiger partial charge >= 0.3 is 0 Å². The predicted octanol–water partition coefficient (Wildman–Crippen LogP) is 6.43. The Balaban J connectivity index is 1.40. The maximum absolute atomic E-state index is 14.1. The van der Waals surface area contributed by atoms with Crippen LogP contribution in [0.3, 0.4) is 0 Å². The van der Waals surface area contributed by atoms with Crippen molar-refractivity contribution < 1.29 is 9.21 Å². The Bertz CT molecular complexity index is 1790. The number of hydrogen-bond acceptors (Lipinski definition) is 8. The summed E-state index contributed by atoms with van der Waals surface area (Å²) < 4.78 is 6.16. The molecule has 0 spiro atoms. The second-order valence-electron chi connectivity index (χ2n) is 10.9. The molecule has 3 heterocycles. The molecule has 210 valence electrons. The van der Waals surface area contributed by atoms with Crippen molar-refractivity contribution in [3.63, 3.8) is 0 Å². The molecule has 0 bridgehead atoms. The number of rotatable bonds is 7. The van der Waals surface area contributed by atoms with E-state index < -0.39 is 5.54 Å². The van der Waals surface area contributed by atoms with Crippen molar-refractivity contribution in [2.45, 2.75) is 44.7 Å². The Hall–Kier alpha value is -4.65. The van der Waals surface area contributed by atoms with Crippen molar-refractivity contribution in [2.75, 3.05) is 6.54 Å². The molecule has 0 radical (unpaired) electrons. The van der Waals surface area contributed by atoms with E-state index in [1.54, 1.807) is 23.5 Å². The van der Waals surface area contributed by atoms with Gasteiger partial charge in [0.1, 0.15) is 5.01 Å². The topological polar surface area (TPSA) is 122 Å². The molecule has 9 heteroatoms. The molecule has 1 fully saturated rings. The highest BCUT2D eigenvalue weighted by atomic mass is 32.1. The van der Waals surface area contributed by atoms with E-state index in [9.17, 15) is 10.1 Å². The van der Waals surface area contributed by atoms with Crippen LogP contribution in [0.2, 0.25) is 0 Å². The minimum atomic E-state index is -0.898. The lowest BCUT2D eigenvalue weighted by Crippen LogP contribution is -2.35. The Kier molecular flexibility index (Phi) is 7.42. The number of benzene rings is 3. The fourth-order valence-electron chi connectivity index (χ4n) is 5.49. The van der Waals surface area contributed by atoms with Crippen LogP contribution in [0.5, 0.6) is 0 Å². The monoisotopic (exact) mass is 574 g/mol. The molecule has 0 saturated carbocycles. The highest BCUT2D eigenvalue weighted by Crippen LogP contribution is 2.37. The van der Waals surface area contributed by atoms with Gasteiger partial charge in [-0.05, 0) is 74.1 Å². The lowest BCUT2D eigenvalue weighted by atomic mass is 9.94. The molecule has 3 aromatic carbocycles. The number of aryl methyl sites for hydroxylation is 1. The molecule has 1 amide bonds. The molecule has 2 N–H and O–H groups in total. The first-order valence-electron chi connectivity index (χ1n) is 13.9. The van der Waals surface area contributed by atoms with Gasteiger partial charge in [-0.25, -0.2) is 4.98 Å². The Morgan fingerprint density at radius 2 is 1.88 bits per heavy atom. The number of likely N-dealkylation sites (tertiary alicyclic amines) is 1. The van der Waals surface area contributed by atoms with Crippen molar-refractivity contribution in [2.24, 2.45) is 5.73 Å². The molecule has 0 aliphatic carbocycles. The largest absolute Gasteiger partial charge is 0.419 e. The van der Waals surface area contributed by atoms with Crippen LogP contribution >= 0.6 is 11.3 Å². The van der Waals surface area contributed by atoms with Crippen LogP contribution in [0, 0.1) is 18.3 Å². The fraction of sp³-hybridized carbons (Fsp3) is 0.242. The minimum absolute atomic E-state index is 0.0688. The first-order valence-corrected chi connectivity index (χ1v) is 14.7. The number of nitriles is 1. The van der Waals surface area contributed by atoms with E-state index in [0.717, 1.165) is 34.7 Å². The Morgan fingerprint density at radius 3 is 2.64 bits per heavy atom. The smallest absolute Gasteiger partial charge is 0.254 e. The zero-order valence-electron chi connectivity index (χ0n) is 23.4. The number of thiazole rings is 1. The molecule has 6 rings (SSSR count). The molecule has 8 nitrogen and oxygen atoms in total. The number of carbonyl (C=O) groups excluding carboxylic acids is 1. The van der Waals surface area contributed by atoms with Gasteiger partial charge in [0.05, 0.1) is 23.2 Å². The van der Waals surface area contributed by atoms with Gasteiger partial charge in [0.2, 0.25) is 11.8 Å². The number of carbonyl (C=O) groups is 1. The molecule has 1 aliphatic rings. The third kappa shape index (κ3) is 5.47. The van der Waals surface area contributed by atoms with E-state index in [1.165, 1.54) is 0 Å². The minimum Gasteiger partial charge on any atom is -0.419 e. The van der Waals surface area contributed by atoms with Crippen molar-refractivity contribution in [1.82, 2.24) is 20.1 Å². The average Bonchev–Trinajstić information content (AvgIpc) is 3.78. The van der Waals surface area contributed by atoms with Gasteiger partial charge < -0.3 is 15.1 Å². The fourth-order valence-corrected chi connectivity index (χ4v) is 6.43. The SMILES string of the molecule is Cc1csc([C@H]2CCCN2C(=O)c2cc(-c3nnc([C@](C)(N)Cc4ccccc4)o3)cc(-c3ccccc3C#N)c2)n1. The van der Waals surface area contributed by atoms with Gasteiger partial charge in [-0.15, -0.1) is 21.5 Å². The van der Waals surface area contributed by atoms with Gasteiger partial charge in [0, 0.05) is 28.7 Å². The summed E-state index contributed by atoms with van der Waals surface area (Å²) in [5.74, 6) is 0.458. The molecule has 2 atom stereocenters. The van der Waals surface area contributed by atoms with Crippen molar-refractivity contribution in [3.8, 4) is 28.7 Å². The lowest BCUT2D eigenvalue weighted by molar-refractivity contribution is 0.0735. The maximum atomic E-state index is 14.1. The van der Waals surface area contributed by atoms with E-state index in [-0.39, 0.29) is 17.8 Å². The summed E-state index contributed by atoms with van der Waals surface area (Å²) in [7, 11) is 0. The number of nitrogens with two attached hydrogens (primary N) is 1. The Morgan fingerprint density at radius 1 is 1.12 bits per heavy atom. The van der Waals surface area contributed by atoms with Crippen LogP contribution in [-0.4, -0.2) is 32.5 Å². The zero-order chi connectivity index (χ0) is 29.3. The summed E-state index contributed by atoms with van der Waals surface area (Å²) in [5.41, 5.74) is 10.8. The summed E-state index contributed by atoms with van der Waals surface area (Å²) in [6.07, 6.45) is 2.29. The van der Waals surface area contributed by atoms with Gasteiger partial charge in [-0.3, -0.25) is 4.79 Å². The quantitative estimate of drug-likeness (QED) is 0.238. The first-order chi connectivity index (χ1) is 20.3. The number of nitrogens with zero attached hydrogens (tertiary/aromatic N) is 5. The van der Waals surface area contributed by atoms with Crippen LogP contribution < -0.4 is 5.73 Å². The maximum Gasteiger partial charge on any atom is 0.254 e. The number of amides is 1. The molecule has 0 unspecified atom stereocenters. The van der Waals surface area contributed by atoms with E-state index in [0.29, 0.717) is 41.1 Å². The molecule has 1 aliphatic heterocycles. The second-order valence-corrected chi connectivity index (χ2v) is 11.8. The molecular formula is C33H30N6O2S. The predicted molar refractivity (Wildman–Crippen MR) is 161 cm³/mol. The van der Waals surface area contributed by atoms with Gasteiger partial charge in [0.25, 0.3) is 5.91 Å². The first kappa shape index (κ1) is 27.5. The summed E-state index contributed by atoms with van der Waals surface area (Å²) in [5, 5.41) is 21.4. The summed E-state index contributed by atoms with van der Waals surface area (Å²) >= 11 is 1.59. The molecular weight excluding hydrogens is 544 g/mol. The van der Waals surface area contributed by atoms with Crippen molar-refractivity contribution in [1.29, 1.82) is 5.26 Å². The van der Waals surface area contributed by atoms with E-state index >= 15 is 0 Å². The highest BCUT2D eigenvalue weighted by Gasteiger charge is 2.33. The zero-order valence-corrected chi connectivity index (χ0v) is 24.3. The standard InChI is InChI=1S/C33H30N6O2S/c1-21-20-42-30(36-21)28-13-8-14-39(28)31(40)26-16-24(27-12-7-6-11-23(27)19-34)15-25(17-26)29-37-38-32(41-29)33(2,35)18-22-9-4-3-5-10-22/h3-7,9-12,15-17,20,28H,8,13-14,18,35H2,1-2H3/t28-,33-/m1/s1. The van der Waals surface area contributed by atoms with Gasteiger partial charge in [0.15, 0.2) is 0 Å². The van der Waals surface area contributed by atoms with Gasteiger partial charge in [-0.1, -0.05) is 48.5 Å². The lowest BCUT2D eigenvalue weighted by Gasteiger charge is -2.24. The van der Waals surface area contributed by atoms with Crippen LogP contribution in [0.1, 0.15) is 63.9 Å². The second kappa shape index (κ2) is 11.3. The summed E-state index contributed by atoms with van der Waals surface area (Å²) in [6, 6.07) is 24.9. The van der Waals surface area contributed by atoms with E-state index in [2.05, 4.69) is 21.3 Å². The number of aromatic nitrogens is 3. The average molecular weight is 575 g/mol. The van der Waals surface area contributed by atoms with Crippen molar-refractivity contribution in [3.05, 3.63) is 111 Å². The molecule has 42 heavy (non-hydrogen) atoms. The van der Waals surface area contributed by atoms with Gasteiger partial charge in [-0.2, -0.15) is 5.26 Å². The van der Waals surface area contributed by atoms with E-state index in [4.69, 9.17) is 10.2 Å². The van der Waals surface area contributed by atoms with E-state index in [1.807, 2.05) is 84.8 Å². The summed E-state index contributed by atoms with van der Waals surface area (Å²) in [4.78, 5) is 20.6. The normalized spacial score (nSPS) is 16.2. The summed E-state index contributed by atoms with van der Waals surface area (Å²) in [6.45, 7) is 4.47. The van der Waals surface area contributed by atoms with Crippen LogP contribution in [0.25, 0.3) is 22.6 Å². The van der Waals surface area contributed by atoms with Crippen LogP contribution in [-0.2, 0) is 12.0 Å². The molecule has 1 saturated heterocycles. The van der Waals surface area contributed by atoms with Crippen LogP contribution in [0.4, 0.5) is 0 Å². The third-order valence-electron chi connectivity index (χ3n) is 7.55. The number of hydrogen-bond donors (Lipinski definition) is 1.